The zero-order valence-electron chi connectivity index (χ0n) is 20.2. The lowest BCUT2D eigenvalue weighted by Gasteiger charge is -2.18. The van der Waals surface area contributed by atoms with E-state index in [1.807, 2.05) is 43.3 Å². The van der Waals surface area contributed by atoms with E-state index in [-0.39, 0.29) is 36.2 Å². The summed E-state index contributed by atoms with van der Waals surface area (Å²) in [5, 5.41) is 19.1. The number of ether oxygens (including phenoxy) is 3. The highest BCUT2D eigenvalue weighted by molar-refractivity contribution is 5.94. The van der Waals surface area contributed by atoms with Crippen LogP contribution in [0.2, 0.25) is 0 Å². The summed E-state index contributed by atoms with van der Waals surface area (Å²) in [5.74, 6) is 0.389. The maximum absolute atomic E-state index is 12.8. The molecule has 2 aromatic carbocycles. The Labute approximate surface area is 211 Å². The highest BCUT2D eigenvalue weighted by Crippen LogP contribution is 2.36. The summed E-state index contributed by atoms with van der Waals surface area (Å²) in [4.78, 5) is 18.8. The number of hydrogen-bond donors (Lipinski definition) is 1. The highest BCUT2D eigenvalue weighted by Gasteiger charge is 2.50. The monoisotopic (exact) mass is 503 g/mol. The second-order valence-electron chi connectivity index (χ2n) is 9.03. The van der Waals surface area contributed by atoms with Gasteiger partial charge < -0.3 is 24.4 Å². The van der Waals surface area contributed by atoms with Crippen molar-refractivity contribution in [1.29, 1.82) is 0 Å². The summed E-state index contributed by atoms with van der Waals surface area (Å²) < 4.78 is 21.3. The summed E-state index contributed by atoms with van der Waals surface area (Å²) in [6.07, 6.45) is 2.43. The van der Waals surface area contributed by atoms with Crippen molar-refractivity contribution in [1.82, 2.24) is 40.3 Å². The molecule has 0 bridgehead atoms. The molecule has 2 saturated heterocycles. The summed E-state index contributed by atoms with van der Waals surface area (Å²) in [7, 11) is 3.91. The van der Waals surface area contributed by atoms with Crippen LogP contribution in [0.15, 0.2) is 61.2 Å². The molecule has 4 aromatic rings. The summed E-state index contributed by atoms with van der Waals surface area (Å²) in [5.41, 5.74) is 2.44. The van der Waals surface area contributed by atoms with Gasteiger partial charge in [-0.3, -0.25) is 4.79 Å². The Bertz CT molecular complexity index is 1360. The van der Waals surface area contributed by atoms with Crippen molar-refractivity contribution in [2.45, 2.75) is 24.3 Å². The van der Waals surface area contributed by atoms with Crippen molar-refractivity contribution in [3.8, 4) is 17.4 Å². The van der Waals surface area contributed by atoms with Crippen LogP contribution in [0.4, 0.5) is 5.69 Å². The van der Waals surface area contributed by atoms with E-state index in [9.17, 15) is 4.79 Å². The molecular weight excluding hydrogens is 478 g/mol. The minimum atomic E-state index is -0.332. The van der Waals surface area contributed by atoms with Gasteiger partial charge in [-0.1, -0.05) is 5.10 Å². The molecule has 0 spiro atoms. The highest BCUT2D eigenvalue weighted by atomic mass is 16.6. The lowest BCUT2D eigenvalue weighted by molar-refractivity contribution is 0.0606. The molecule has 37 heavy (non-hydrogen) atoms. The maximum Gasteiger partial charge on any atom is 0.341 e. The van der Waals surface area contributed by atoms with Gasteiger partial charge in [0, 0.05) is 25.3 Å². The number of anilines is 1. The van der Waals surface area contributed by atoms with Gasteiger partial charge in [0.05, 0.1) is 24.9 Å². The Morgan fingerprint density at radius 3 is 2.57 bits per heavy atom. The molecule has 190 valence electrons. The van der Waals surface area contributed by atoms with Crippen LogP contribution in [-0.4, -0.2) is 86.4 Å². The molecule has 2 aromatic heterocycles. The number of aromatic nitrogens is 7. The molecule has 13 heteroatoms. The smallest absolute Gasteiger partial charge is 0.341 e. The van der Waals surface area contributed by atoms with Gasteiger partial charge in [0.25, 0.3) is 5.91 Å². The second kappa shape index (κ2) is 9.59. The predicted molar refractivity (Wildman–Crippen MR) is 130 cm³/mol. The normalized spacial score (nSPS) is 22.5. The first kappa shape index (κ1) is 23.1. The predicted octanol–water partition coefficient (Wildman–Crippen LogP) is 1.25. The number of tetrazole rings is 1. The quantitative estimate of drug-likeness (QED) is 0.393. The fraction of sp³-hybridized carbons (Fsp3) is 0.333. The minimum absolute atomic E-state index is 0.174. The molecule has 2 aliphatic rings. The van der Waals surface area contributed by atoms with Crippen LogP contribution in [0.25, 0.3) is 5.69 Å². The van der Waals surface area contributed by atoms with Crippen molar-refractivity contribution < 1.29 is 19.0 Å². The number of benzene rings is 2. The molecular formula is C24H25N9O4. The molecule has 2 aliphatic heterocycles. The first-order valence-electron chi connectivity index (χ1n) is 11.8. The van der Waals surface area contributed by atoms with Crippen molar-refractivity contribution in [3.63, 3.8) is 0 Å². The van der Waals surface area contributed by atoms with Crippen molar-refractivity contribution >= 4 is 11.6 Å². The Hall–Kier alpha value is -4.36. The van der Waals surface area contributed by atoms with Gasteiger partial charge in [0.2, 0.25) is 0 Å². The Morgan fingerprint density at radius 2 is 1.84 bits per heavy atom. The zero-order chi connectivity index (χ0) is 25.4. The van der Waals surface area contributed by atoms with Gasteiger partial charge in [-0.15, -0.1) is 0 Å². The molecule has 0 saturated carbocycles. The van der Waals surface area contributed by atoms with E-state index in [1.165, 1.54) is 6.33 Å². The topological polar surface area (TPSA) is 134 Å². The van der Waals surface area contributed by atoms with Gasteiger partial charge >= 0.3 is 6.01 Å². The molecule has 2 fully saturated rings. The standard InChI is InChI=1S/C24H25N9O4/c1-31(2)16-5-3-15(4-6-16)23(34)27-19-11-35-22-20(12-36-21(19)22)33-24(28-29-30-33)37-18-9-7-17(8-10-18)32-14-25-13-26-32/h3-10,13-14,19-22H,11-12H2,1-2H3,(H,27,34)/t19-,20-,21+,22+/m0/s1. The van der Waals surface area contributed by atoms with E-state index in [4.69, 9.17) is 14.2 Å². The lowest BCUT2D eigenvalue weighted by Crippen LogP contribution is -2.44. The summed E-state index contributed by atoms with van der Waals surface area (Å²) in [6.45, 7) is 0.654. The van der Waals surface area contributed by atoms with Gasteiger partial charge in [0.15, 0.2) is 0 Å². The maximum atomic E-state index is 12.8. The molecule has 6 rings (SSSR count). The number of nitrogens with zero attached hydrogens (tertiary/aromatic N) is 8. The average molecular weight is 504 g/mol. The minimum Gasteiger partial charge on any atom is -0.423 e. The molecule has 4 heterocycles. The van der Waals surface area contributed by atoms with Crippen LogP contribution in [0.3, 0.4) is 0 Å². The number of carbonyl (C=O) groups is 1. The molecule has 4 atom stereocenters. The fourth-order valence-electron chi connectivity index (χ4n) is 4.55. The third kappa shape index (κ3) is 4.49. The summed E-state index contributed by atoms with van der Waals surface area (Å²) in [6, 6.07) is 14.4. The molecule has 0 radical (unpaired) electrons. The van der Waals surface area contributed by atoms with Crippen molar-refractivity contribution in [2.24, 2.45) is 0 Å². The van der Waals surface area contributed by atoms with E-state index >= 15 is 0 Å². The largest absolute Gasteiger partial charge is 0.423 e. The Kier molecular flexibility index (Phi) is 5.98. The van der Waals surface area contributed by atoms with E-state index < -0.39 is 0 Å². The number of amides is 1. The number of rotatable bonds is 7. The third-order valence-electron chi connectivity index (χ3n) is 6.50. The van der Waals surface area contributed by atoms with Gasteiger partial charge in [-0.25, -0.2) is 9.67 Å². The molecule has 0 aliphatic carbocycles. The SMILES string of the molecule is CN(C)c1ccc(C(=O)N[C@H]2CO[C@H]3[C@@H]2OC[C@@H]3n2nnnc2Oc2ccc(-n3cncn3)cc2)cc1. The van der Waals surface area contributed by atoms with Gasteiger partial charge in [-0.05, 0) is 59.0 Å². The van der Waals surface area contributed by atoms with E-state index in [2.05, 4.69) is 30.9 Å². The van der Waals surface area contributed by atoms with Crippen LogP contribution in [0.1, 0.15) is 16.4 Å². The Morgan fingerprint density at radius 1 is 1.05 bits per heavy atom. The van der Waals surface area contributed by atoms with Crippen LogP contribution in [0, 0.1) is 0 Å². The van der Waals surface area contributed by atoms with E-state index in [1.54, 1.807) is 40.0 Å². The first-order chi connectivity index (χ1) is 18.1. The van der Waals surface area contributed by atoms with Crippen molar-refractivity contribution in [3.05, 3.63) is 66.7 Å². The second-order valence-corrected chi connectivity index (χ2v) is 9.03. The number of nitrogens with one attached hydrogen (secondary N) is 1. The lowest BCUT2D eigenvalue weighted by atomic mass is 10.1. The first-order valence-corrected chi connectivity index (χ1v) is 11.8. The zero-order valence-corrected chi connectivity index (χ0v) is 20.2. The number of hydrogen-bond acceptors (Lipinski definition) is 10. The van der Waals surface area contributed by atoms with Crippen molar-refractivity contribution in [2.75, 3.05) is 32.2 Å². The number of carbonyl (C=O) groups excluding carboxylic acids is 1. The molecule has 13 nitrogen and oxygen atoms in total. The van der Waals surface area contributed by atoms with Crippen LogP contribution in [0.5, 0.6) is 11.8 Å². The van der Waals surface area contributed by atoms with Gasteiger partial charge in [-0.2, -0.15) is 9.78 Å². The van der Waals surface area contributed by atoms with Crippen LogP contribution >= 0.6 is 0 Å². The summed E-state index contributed by atoms with van der Waals surface area (Å²) >= 11 is 0. The molecule has 1 amide bonds. The van der Waals surface area contributed by atoms with E-state index in [0.717, 1.165) is 11.4 Å². The Balaban J connectivity index is 1.11. The van der Waals surface area contributed by atoms with E-state index in [0.29, 0.717) is 24.5 Å². The third-order valence-corrected chi connectivity index (χ3v) is 6.50. The fourth-order valence-corrected chi connectivity index (χ4v) is 4.55. The van der Waals surface area contributed by atoms with Crippen LogP contribution in [-0.2, 0) is 9.47 Å². The molecule has 1 N–H and O–H groups in total. The van der Waals surface area contributed by atoms with Crippen LogP contribution < -0.4 is 15.0 Å². The number of fused-ring (bicyclic) bond motifs is 1. The average Bonchev–Trinajstić information content (AvgIpc) is 3.71. The van der Waals surface area contributed by atoms with Gasteiger partial charge in [0.1, 0.15) is 36.7 Å². The molecule has 0 unspecified atom stereocenters.